The zero-order valence-corrected chi connectivity index (χ0v) is 24.7. The fourth-order valence-electron chi connectivity index (χ4n) is 3.88. The standard InChI is InChI=1S/C30H41N5O7/c1-6-32-24(17-20-10-8-7-9-11-20)28(40)35(29(41)42-30(3,4)5)25(37)18-33-26(38)19(2)34-27(39)23(31)16-21-12-14-22(36)15-13-21/h7-15,19,23-24,32,36H,6,16-18,31H2,1-5H3,(H,33,38)(H,34,39)/t19-,23+,24+/m1/s1. The van der Waals surface area contributed by atoms with Gasteiger partial charge in [0.1, 0.15) is 17.4 Å². The maximum absolute atomic E-state index is 13.5. The fraction of sp³-hybridized carbons (Fsp3) is 0.433. The van der Waals surface area contributed by atoms with E-state index in [9.17, 15) is 29.1 Å². The van der Waals surface area contributed by atoms with E-state index < -0.39 is 60.0 Å². The van der Waals surface area contributed by atoms with E-state index in [0.717, 1.165) is 5.56 Å². The molecule has 228 valence electrons. The molecule has 2 aromatic rings. The Morgan fingerprint density at radius 2 is 1.52 bits per heavy atom. The van der Waals surface area contributed by atoms with Gasteiger partial charge in [0.25, 0.3) is 11.8 Å². The first-order chi connectivity index (χ1) is 19.7. The quantitative estimate of drug-likeness (QED) is 0.247. The van der Waals surface area contributed by atoms with Crippen LogP contribution in [0.4, 0.5) is 4.79 Å². The number of likely N-dealkylation sites (N-methyl/N-ethyl adjacent to an activating group) is 1. The number of carbonyl (C=O) groups excluding carboxylic acids is 5. The van der Waals surface area contributed by atoms with Crippen molar-refractivity contribution in [1.82, 2.24) is 20.9 Å². The lowest BCUT2D eigenvalue weighted by molar-refractivity contribution is -0.145. The van der Waals surface area contributed by atoms with Gasteiger partial charge in [0, 0.05) is 0 Å². The summed E-state index contributed by atoms with van der Waals surface area (Å²) in [5, 5.41) is 17.3. The maximum atomic E-state index is 13.5. The lowest BCUT2D eigenvalue weighted by Crippen LogP contribution is -2.56. The van der Waals surface area contributed by atoms with E-state index in [4.69, 9.17) is 10.5 Å². The van der Waals surface area contributed by atoms with Crippen LogP contribution in [0.3, 0.4) is 0 Å². The second kappa shape index (κ2) is 15.6. The molecule has 3 atom stereocenters. The molecule has 0 bridgehead atoms. The summed E-state index contributed by atoms with van der Waals surface area (Å²) in [6, 6.07) is 12.3. The fourth-order valence-corrected chi connectivity index (χ4v) is 3.88. The molecule has 0 saturated heterocycles. The summed E-state index contributed by atoms with van der Waals surface area (Å²) in [6.07, 6.45) is -0.786. The number of amides is 5. The molecule has 0 spiro atoms. The highest BCUT2D eigenvalue weighted by Crippen LogP contribution is 2.14. The average Bonchev–Trinajstić information content (AvgIpc) is 2.92. The molecule has 12 heteroatoms. The predicted molar refractivity (Wildman–Crippen MR) is 156 cm³/mol. The summed E-state index contributed by atoms with van der Waals surface area (Å²) < 4.78 is 5.33. The number of aromatic hydroxyl groups is 1. The number of rotatable bonds is 12. The van der Waals surface area contributed by atoms with Gasteiger partial charge in [-0.25, -0.2) is 4.79 Å². The molecule has 0 saturated carbocycles. The number of phenols is 1. The van der Waals surface area contributed by atoms with Gasteiger partial charge in [0.05, 0.1) is 18.6 Å². The molecular formula is C30H41N5O7. The largest absolute Gasteiger partial charge is 0.508 e. The number of hydrogen-bond donors (Lipinski definition) is 5. The molecule has 0 aliphatic heterocycles. The smallest absolute Gasteiger partial charge is 0.424 e. The van der Waals surface area contributed by atoms with E-state index in [0.29, 0.717) is 17.0 Å². The third-order valence-electron chi connectivity index (χ3n) is 5.97. The Morgan fingerprint density at radius 1 is 0.929 bits per heavy atom. The minimum atomic E-state index is -1.16. The normalized spacial score (nSPS) is 13.3. The van der Waals surface area contributed by atoms with Crippen LogP contribution in [0.1, 0.15) is 45.7 Å². The van der Waals surface area contributed by atoms with Crippen molar-refractivity contribution in [2.45, 2.75) is 71.2 Å². The van der Waals surface area contributed by atoms with Gasteiger partial charge in [-0.2, -0.15) is 4.90 Å². The van der Waals surface area contributed by atoms with Gasteiger partial charge in [-0.1, -0.05) is 49.4 Å². The van der Waals surface area contributed by atoms with E-state index in [2.05, 4.69) is 16.0 Å². The van der Waals surface area contributed by atoms with Crippen LogP contribution in [0.5, 0.6) is 5.75 Å². The van der Waals surface area contributed by atoms with Crippen molar-refractivity contribution in [3.8, 4) is 5.75 Å². The molecule has 0 heterocycles. The first-order valence-corrected chi connectivity index (χ1v) is 13.7. The molecule has 2 aromatic carbocycles. The Hall–Kier alpha value is -4.29. The number of phenolic OH excluding ortho intramolecular Hbond substituents is 1. The molecule has 0 aliphatic rings. The lowest BCUT2D eigenvalue weighted by atomic mass is 10.0. The van der Waals surface area contributed by atoms with Gasteiger partial charge < -0.3 is 31.5 Å². The van der Waals surface area contributed by atoms with Gasteiger partial charge >= 0.3 is 6.09 Å². The second-order valence-electron chi connectivity index (χ2n) is 10.8. The molecular weight excluding hydrogens is 542 g/mol. The molecule has 12 nitrogen and oxygen atoms in total. The van der Waals surface area contributed by atoms with Gasteiger partial charge in [-0.3, -0.25) is 19.2 Å². The SMILES string of the molecule is CCN[C@@H](Cc1ccccc1)C(=O)N(C(=O)CNC(=O)[C@@H](C)NC(=O)[C@@H](N)Cc1ccc(O)cc1)C(=O)OC(C)(C)C. The first kappa shape index (κ1) is 33.9. The third kappa shape index (κ3) is 10.9. The molecule has 2 rings (SSSR count). The van der Waals surface area contributed by atoms with Crippen molar-refractivity contribution >= 4 is 29.7 Å². The number of imide groups is 3. The zero-order valence-electron chi connectivity index (χ0n) is 24.7. The van der Waals surface area contributed by atoms with E-state index in [1.165, 1.54) is 19.1 Å². The van der Waals surface area contributed by atoms with Crippen LogP contribution in [0.2, 0.25) is 0 Å². The molecule has 6 N–H and O–H groups in total. The monoisotopic (exact) mass is 583 g/mol. The number of carbonyl (C=O) groups is 5. The summed E-state index contributed by atoms with van der Waals surface area (Å²) in [7, 11) is 0. The van der Waals surface area contributed by atoms with Crippen LogP contribution in [-0.4, -0.2) is 76.5 Å². The summed E-state index contributed by atoms with van der Waals surface area (Å²) in [5.74, 6) is -3.07. The Morgan fingerprint density at radius 3 is 2.10 bits per heavy atom. The number of nitrogens with one attached hydrogen (secondary N) is 3. The number of hydrogen-bond acceptors (Lipinski definition) is 9. The summed E-state index contributed by atoms with van der Waals surface area (Å²) in [4.78, 5) is 65.3. The molecule has 0 unspecified atom stereocenters. The maximum Gasteiger partial charge on any atom is 0.424 e. The van der Waals surface area contributed by atoms with Crippen molar-refractivity contribution < 1.29 is 33.8 Å². The van der Waals surface area contributed by atoms with E-state index in [-0.39, 0.29) is 18.6 Å². The van der Waals surface area contributed by atoms with Gasteiger partial charge in [0.15, 0.2) is 0 Å². The summed E-state index contributed by atoms with van der Waals surface area (Å²) in [5.41, 5.74) is 6.50. The lowest BCUT2D eigenvalue weighted by Gasteiger charge is -2.28. The Bertz CT molecular complexity index is 1230. The minimum Gasteiger partial charge on any atom is -0.508 e. The van der Waals surface area contributed by atoms with E-state index in [1.54, 1.807) is 39.8 Å². The molecule has 0 aliphatic carbocycles. The van der Waals surface area contributed by atoms with Crippen molar-refractivity contribution in [2.75, 3.05) is 13.1 Å². The highest BCUT2D eigenvalue weighted by molar-refractivity contribution is 6.11. The minimum absolute atomic E-state index is 0.0805. The average molecular weight is 584 g/mol. The zero-order chi connectivity index (χ0) is 31.4. The molecule has 0 fully saturated rings. The predicted octanol–water partition coefficient (Wildman–Crippen LogP) is 1.39. The number of ether oxygens (including phenoxy) is 1. The van der Waals surface area contributed by atoms with E-state index in [1.807, 2.05) is 30.3 Å². The second-order valence-corrected chi connectivity index (χ2v) is 10.8. The highest BCUT2D eigenvalue weighted by Gasteiger charge is 2.37. The Kier molecular flexibility index (Phi) is 12.6. The Balaban J connectivity index is 2.08. The summed E-state index contributed by atoms with van der Waals surface area (Å²) >= 11 is 0. The van der Waals surface area contributed by atoms with Crippen LogP contribution < -0.4 is 21.7 Å². The molecule has 0 aromatic heterocycles. The topological polar surface area (TPSA) is 180 Å². The Labute approximate surface area is 246 Å². The number of nitrogens with two attached hydrogens (primary N) is 1. The van der Waals surface area contributed by atoms with Crippen LogP contribution in [0.15, 0.2) is 54.6 Å². The summed E-state index contributed by atoms with van der Waals surface area (Å²) in [6.45, 7) is 7.68. The van der Waals surface area contributed by atoms with Gasteiger partial charge in [0.2, 0.25) is 11.8 Å². The highest BCUT2D eigenvalue weighted by atomic mass is 16.6. The van der Waals surface area contributed by atoms with Gasteiger partial charge in [-0.15, -0.1) is 0 Å². The molecule has 5 amide bonds. The van der Waals surface area contributed by atoms with Crippen LogP contribution in [0, 0.1) is 0 Å². The third-order valence-corrected chi connectivity index (χ3v) is 5.97. The number of nitrogens with zero attached hydrogens (tertiary/aromatic N) is 1. The van der Waals surface area contributed by atoms with Crippen molar-refractivity contribution in [1.29, 1.82) is 0 Å². The van der Waals surface area contributed by atoms with Crippen molar-refractivity contribution in [3.63, 3.8) is 0 Å². The molecule has 0 radical (unpaired) electrons. The first-order valence-electron chi connectivity index (χ1n) is 13.7. The van der Waals surface area contributed by atoms with Crippen LogP contribution in [0.25, 0.3) is 0 Å². The molecule has 42 heavy (non-hydrogen) atoms. The van der Waals surface area contributed by atoms with Crippen molar-refractivity contribution in [2.24, 2.45) is 5.73 Å². The van der Waals surface area contributed by atoms with Crippen LogP contribution >= 0.6 is 0 Å². The van der Waals surface area contributed by atoms with Crippen molar-refractivity contribution in [3.05, 3.63) is 65.7 Å². The number of benzene rings is 2. The van der Waals surface area contributed by atoms with Gasteiger partial charge in [-0.05, 0) is 70.3 Å². The van der Waals surface area contributed by atoms with E-state index >= 15 is 0 Å². The van der Waals surface area contributed by atoms with Crippen LogP contribution in [-0.2, 0) is 36.8 Å².